The monoisotopic (exact) mass is 488 g/mol. The van der Waals surface area contributed by atoms with Gasteiger partial charge in [-0.3, -0.25) is 4.79 Å². The number of carboxylic acids is 1. The summed E-state index contributed by atoms with van der Waals surface area (Å²) >= 11 is 0. The van der Waals surface area contributed by atoms with Gasteiger partial charge in [0.15, 0.2) is 0 Å². The molecule has 10 atom stereocenters. The lowest BCUT2D eigenvalue weighted by Gasteiger charge is -2.71. The molecule has 5 rings (SSSR count). The highest BCUT2D eigenvalue weighted by Crippen LogP contribution is 2.75. The van der Waals surface area contributed by atoms with Crippen LogP contribution in [-0.2, 0) is 4.79 Å². The van der Waals surface area contributed by atoms with Gasteiger partial charge in [0.05, 0.1) is 18.3 Å². The molecule has 5 nitrogen and oxygen atoms in total. The topological polar surface area (TPSA) is 98.0 Å². The van der Waals surface area contributed by atoms with Crippen molar-refractivity contribution < 1.29 is 25.2 Å². The molecule has 0 amide bonds. The minimum atomic E-state index is -1.32. The summed E-state index contributed by atoms with van der Waals surface area (Å²) in [7, 11) is 0. The van der Waals surface area contributed by atoms with Crippen molar-refractivity contribution in [3.63, 3.8) is 0 Å². The van der Waals surface area contributed by atoms with E-state index < -0.39 is 29.0 Å². The highest BCUT2D eigenvalue weighted by Gasteiger charge is 2.71. The Bertz CT molecular complexity index is 952. The predicted octanol–water partition coefficient (Wildman–Crippen LogP) is 5.18. The summed E-state index contributed by atoms with van der Waals surface area (Å²) in [4.78, 5) is 12.8. The van der Waals surface area contributed by atoms with E-state index in [9.17, 15) is 25.2 Å². The Morgan fingerprint density at radius 2 is 1.51 bits per heavy atom. The molecular weight excluding hydrogens is 440 g/mol. The summed E-state index contributed by atoms with van der Waals surface area (Å²) in [6.07, 6.45) is 6.54. The van der Waals surface area contributed by atoms with Crippen molar-refractivity contribution in [1.82, 2.24) is 0 Å². The molecule has 4 saturated carbocycles. The zero-order valence-corrected chi connectivity index (χ0v) is 22.9. The molecule has 198 valence electrons. The van der Waals surface area contributed by atoms with E-state index in [2.05, 4.69) is 40.7 Å². The third kappa shape index (κ3) is 2.90. The van der Waals surface area contributed by atoms with Gasteiger partial charge >= 0.3 is 5.97 Å². The molecule has 0 aliphatic heterocycles. The lowest BCUT2D eigenvalue weighted by Crippen LogP contribution is -2.68. The number of hydrogen-bond acceptors (Lipinski definition) is 4. The van der Waals surface area contributed by atoms with E-state index in [0.717, 1.165) is 38.5 Å². The van der Waals surface area contributed by atoms with Crippen LogP contribution in [0.1, 0.15) is 99.8 Å². The molecular formula is C30H48O5. The first-order valence-corrected chi connectivity index (χ1v) is 14.0. The van der Waals surface area contributed by atoms with E-state index >= 15 is 0 Å². The minimum Gasteiger partial charge on any atom is -0.481 e. The molecule has 4 fully saturated rings. The van der Waals surface area contributed by atoms with Crippen molar-refractivity contribution in [2.75, 3.05) is 0 Å². The van der Waals surface area contributed by atoms with Gasteiger partial charge in [0.2, 0.25) is 0 Å². The summed E-state index contributed by atoms with van der Waals surface area (Å²) < 4.78 is 0. The zero-order chi connectivity index (χ0) is 26.0. The second kappa shape index (κ2) is 7.35. The van der Waals surface area contributed by atoms with Gasteiger partial charge in [0.1, 0.15) is 5.41 Å². The van der Waals surface area contributed by atoms with E-state index in [1.807, 2.05) is 13.8 Å². The fourth-order valence-electron chi connectivity index (χ4n) is 10.8. The Labute approximate surface area is 211 Å². The number of fused-ring (bicyclic) bond motifs is 7. The van der Waals surface area contributed by atoms with Crippen molar-refractivity contribution in [3.05, 3.63) is 11.6 Å². The number of allylic oxidation sites excluding steroid dienone is 2. The van der Waals surface area contributed by atoms with Gasteiger partial charge < -0.3 is 20.4 Å². The fraction of sp³-hybridized carbons (Fsp3) is 0.900. The molecule has 35 heavy (non-hydrogen) atoms. The summed E-state index contributed by atoms with van der Waals surface area (Å²) in [5.74, 6) is -0.264. The second-order valence-corrected chi connectivity index (χ2v) is 15.2. The van der Waals surface area contributed by atoms with E-state index in [1.165, 1.54) is 5.57 Å². The number of hydrogen-bond donors (Lipinski definition) is 4. The Morgan fingerprint density at radius 3 is 2.14 bits per heavy atom. The number of rotatable bonds is 1. The Hall–Kier alpha value is -0.910. The molecule has 0 heterocycles. The molecule has 0 aromatic rings. The third-order valence-electron chi connectivity index (χ3n) is 13.3. The lowest BCUT2D eigenvalue weighted by molar-refractivity contribution is -0.226. The van der Waals surface area contributed by atoms with Gasteiger partial charge in [-0.15, -0.1) is 0 Å². The average Bonchev–Trinajstić information content (AvgIpc) is 2.75. The molecule has 0 unspecified atom stereocenters. The average molecular weight is 489 g/mol. The molecule has 0 bridgehead atoms. The zero-order valence-electron chi connectivity index (χ0n) is 22.9. The Kier molecular flexibility index (Phi) is 5.40. The SMILES string of the molecule is CC1(C)C[C@H]2C3=CC[C@@H]4[C@@]5(C)CC[C@H](O)C(C)(C)[C@@H]5CC[C@@]4(C)[C@]3(C)CC[C@@]2(C(=O)O)[C@@H](O)[C@H]1O. The van der Waals surface area contributed by atoms with Crippen LogP contribution in [0, 0.1) is 50.2 Å². The number of aliphatic carboxylic acids is 1. The number of carbonyl (C=O) groups is 1. The molecule has 0 spiro atoms. The van der Waals surface area contributed by atoms with Crippen molar-refractivity contribution in [1.29, 1.82) is 0 Å². The third-order valence-corrected chi connectivity index (χ3v) is 13.3. The second-order valence-electron chi connectivity index (χ2n) is 15.2. The first-order chi connectivity index (χ1) is 16.0. The highest BCUT2D eigenvalue weighted by atomic mass is 16.4. The molecule has 5 aliphatic carbocycles. The van der Waals surface area contributed by atoms with E-state index in [-0.39, 0.29) is 33.7 Å². The van der Waals surface area contributed by atoms with Crippen LogP contribution >= 0.6 is 0 Å². The van der Waals surface area contributed by atoms with Crippen LogP contribution < -0.4 is 0 Å². The van der Waals surface area contributed by atoms with Crippen molar-refractivity contribution in [2.45, 2.75) is 118 Å². The molecule has 0 saturated heterocycles. The van der Waals surface area contributed by atoms with Gasteiger partial charge in [-0.05, 0) is 96.2 Å². The van der Waals surface area contributed by atoms with E-state index in [0.29, 0.717) is 24.7 Å². The molecule has 0 aromatic heterocycles. The van der Waals surface area contributed by atoms with Gasteiger partial charge in [0, 0.05) is 0 Å². The lowest BCUT2D eigenvalue weighted by atomic mass is 9.33. The molecule has 0 aromatic carbocycles. The molecule has 4 N–H and O–H groups in total. The first-order valence-electron chi connectivity index (χ1n) is 14.0. The number of carboxylic acid groups (broad SMARTS) is 1. The standard InChI is InChI=1S/C30H48O5/c1-25(2)16-18-17-8-9-20-27(5)12-11-21(31)26(3,4)19(27)10-13-29(20,7)28(17,6)14-15-30(18,24(34)35)23(33)22(25)32/h8,18-23,31-33H,9-16H2,1-7H3,(H,34,35)/t18-,19-,20+,21-,22+,23-,27-,28+,29+,30-/m0/s1. The quantitative estimate of drug-likeness (QED) is 0.382. The Balaban J connectivity index is 1.62. The van der Waals surface area contributed by atoms with Crippen LogP contribution in [0.5, 0.6) is 0 Å². The first kappa shape index (κ1) is 25.7. The van der Waals surface area contributed by atoms with E-state index in [1.54, 1.807) is 0 Å². The molecule has 5 aliphatic rings. The maximum Gasteiger partial charge on any atom is 0.313 e. The normalized spacial score (nSPS) is 54.4. The van der Waals surface area contributed by atoms with Crippen LogP contribution in [0.2, 0.25) is 0 Å². The van der Waals surface area contributed by atoms with Gasteiger partial charge in [-0.2, -0.15) is 0 Å². The Morgan fingerprint density at radius 1 is 0.857 bits per heavy atom. The maximum absolute atomic E-state index is 12.8. The maximum atomic E-state index is 12.8. The van der Waals surface area contributed by atoms with Gasteiger partial charge in [0.25, 0.3) is 0 Å². The molecule has 0 radical (unpaired) electrons. The summed E-state index contributed by atoms with van der Waals surface area (Å²) in [6.45, 7) is 15.8. The van der Waals surface area contributed by atoms with Crippen LogP contribution in [0.3, 0.4) is 0 Å². The predicted molar refractivity (Wildman–Crippen MR) is 135 cm³/mol. The smallest absolute Gasteiger partial charge is 0.313 e. The highest BCUT2D eigenvalue weighted by molar-refractivity contribution is 5.78. The fourth-order valence-corrected chi connectivity index (χ4v) is 10.8. The van der Waals surface area contributed by atoms with Crippen LogP contribution in [0.4, 0.5) is 0 Å². The largest absolute Gasteiger partial charge is 0.481 e. The summed E-state index contributed by atoms with van der Waals surface area (Å²) in [5.41, 5.74) is -0.681. The van der Waals surface area contributed by atoms with Crippen LogP contribution in [0.25, 0.3) is 0 Å². The van der Waals surface area contributed by atoms with Crippen LogP contribution in [-0.4, -0.2) is 44.7 Å². The minimum absolute atomic E-state index is 0.0382. The van der Waals surface area contributed by atoms with Gasteiger partial charge in [-0.1, -0.05) is 60.1 Å². The van der Waals surface area contributed by atoms with Gasteiger partial charge in [-0.25, -0.2) is 0 Å². The van der Waals surface area contributed by atoms with Crippen LogP contribution in [0.15, 0.2) is 11.6 Å². The number of aliphatic hydroxyl groups is 3. The van der Waals surface area contributed by atoms with E-state index in [4.69, 9.17) is 0 Å². The van der Waals surface area contributed by atoms with Crippen molar-refractivity contribution in [3.8, 4) is 0 Å². The summed E-state index contributed by atoms with van der Waals surface area (Å²) in [6, 6.07) is 0. The number of aliphatic hydroxyl groups excluding tert-OH is 3. The van der Waals surface area contributed by atoms with Crippen molar-refractivity contribution >= 4 is 5.97 Å². The summed E-state index contributed by atoms with van der Waals surface area (Å²) in [5, 5.41) is 43.6. The van der Waals surface area contributed by atoms with Crippen molar-refractivity contribution in [2.24, 2.45) is 50.2 Å². The molecule has 5 heteroatoms.